The predicted molar refractivity (Wildman–Crippen MR) is 77.1 cm³/mol. The van der Waals surface area contributed by atoms with Crippen molar-refractivity contribution in [2.75, 3.05) is 26.2 Å². The molecule has 2 amide bonds. The lowest BCUT2D eigenvalue weighted by Gasteiger charge is -2.35. The number of piperidine rings is 1. The average Bonchev–Trinajstić information content (AvgIpc) is 2.36. The van der Waals surface area contributed by atoms with E-state index in [2.05, 4.69) is 29.4 Å². The largest absolute Gasteiger partial charge is 0.393 e. The van der Waals surface area contributed by atoms with Gasteiger partial charge >= 0.3 is 6.03 Å². The second kappa shape index (κ2) is 8.38. The van der Waals surface area contributed by atoms with Crippen LogP contribution >= 0.6 is 0 Å². The van der Waals surface area contributed by atoms with Crippen molar-refractivity contribution >= 4 is 6.03 Å². The fourth-order valence-corrected chi connectivity index (χ4v) is 2.30. The number of likely N-dealkylation sites (tertiary alicyclic amines) is 1. The van der Waals surface area contributed by atoms with Crippen molar-refractivity contribution < 1.29 is 9.90 Å². The molecule has 0 aromatic carbocycles. The van der Waals surface area contributed by atoms with Gasteiger partial charge in [0.2, 0.25) is 0 Å². The molecule has 0 aliphatic carbocycles. The van der Waals surface area contributed by atoms with Crippen LogP contribution < -0.4 is 10.6 Å². The summed E-state index contributed by atoms with van der Waals surface area (Å²) in [7, 11) is 0. The van der Waals surface area contributed by atoms with Crippen molar-refractivity contribution in [1.82, 2.24) is 15.5 Å². The van der Waals surface area contributed by atoms with Crippen LogP contribution in [-0.2, 0) is 0 Å². The molecule has 0 aromatic rings. The lowest BCUT2D eigenvalue weighted by molar-refractivity contribution is 0.145. The standard InChI is InChI=1S/C14H29N3O2/c1-11-5-8-17(9-6-11)12(2)10-16-14(19)15-7-4-13(3)18/h11-13,18H,4-10H2,1-3H3,(H2,15,16,19). The minimum atomic E-state index is -0.366. The predicted octanol–water partition coefficient (Wildman–Crippen LogP) is 1.18. The molecule has 1 aliphatic heterocycles. The zero-order valence-corrected chi connectivity index (χ0v) is 12.5. The Morgan fingerprint density at radius 1 is 1.32 bits per heavy atom. The molecule has 5 nitrogen and oxygen atoms in total. The van der Waals surface area contributed by atoms with E-state index in [9.17, 15) is 4.79 Å². The van der Waals surface area contributed by atoms with E-state index in [0.717, 1.165) is 19.0 Å². The Hall–Kier alpha value is -0.810. The first-order chi connectivity index (χ1) is 8.99. The highest BCUT2D eigenvalue weighted by atomic mass is 16.3. The fraction of sp³-hybridized carbons (Fsp3) is 0.929. The van der Waals surface area contributed by atoms with E-state index in [4.69, 9.17) is 5.11 Å². The molecule has 0 bridgehead atoms. The molecule has 1 saturated heterocycles. The lowest BCUT2D eigenvalue weighted by Crippen LogP contribution is -2.47. The maximum absolute atomic E-state index is 11.5. The molecule has 0 aromatic heterocycles. The quantitative estimate of drug-likeness (QED) is 0.679. The van der Waals surface area contributed by atoms with Crippen LogP contribution in [0.1, 0.15) is 40.0 Å². The van der Waals surface area contributed by atoms with Crippen molar-refractivity contribution in [3.8, 4) is 0 Å². The van der Waals surface area contributed by atoms with E-state index in [-0.39, 0.29) is 12.1 Å². The van der Waals surface area contributed by atoms with Gasteiger partial charge in [0.05, 0.1) is 6.10 Å². The third-order valence-electron chi connectivity index (χ3n) is 3.85. The fourth-order valence-electron chi connectivity index (χ4n) is 2.30. The van der Waals surface area contributed by atoms with Crippen LogP contribution in [-0.4, -0.2) is 54.4 Å². The van der Waals surface area contributed by atoms with Crippen LogP contribution in [0, 0.1) is 5.92 Å². The van der Waals surface area contributed by atoms with E-state index < -0.39 is 0 Å². The molecule has 1 aliphatic rings. The summed E-state index contributed by atoms with van der Waals surface area (Å²) in [5.41, 5.74) is 0. The van der Waals surface area contributed by atoms with Gasteiger partial charge in [0, 0.05) is 19.1 Å². The van der Waals surface area contributed by atoms with Gasteiger partial charge in [0.15, 0.2) is 0 Å². The Bertz CT molecular complexity index is 263. The van der Waals surface area contributed by atoms with Gasteiger partial charge < -0.3 is 15.7 Å². The van der Waals surface area contributed by atoms with Gasteiger partial charge in [-0.3, -0.25) is 4.90 Å². The maximum atomic E-state index is 11.5. The van der Waals surface area contributed by atoms with Gasteiger partial charge in [-0.1, -0.05) is 6.92 Å². The second-order valence-corrected chi connectivity index (χ2v) is 5.84. The molecular weight excluding hydrogens is 242 g/mol. The molecule has 2 atom stereocenters. The molecule has 1 fully saturated rings. The first kappa shape index (κ1) is 16.2. The molecule has 0 saturated carbocycles. The Morgan fingerprint density at radius 3 is 2.53 bits per heavy atom. The number of carbonyl (C=O) groups excluding carboxylic acids is 1. The molecule has 0 radical (unpaired) electrons. The molecule has 2 unspecified atom stereocenters. The Balaban J connectivity index is 2.12. The topological polar surface area (TPSA) is 64.6 Å². The first-order valence-corrected chi connectivity index (χ1v) is 7.43. The highest BCUT2D eigenvalue weighted by Gasteiger charge is 2.20. The van der Waals surface area contributed by atoms with Gasteiger partial charge in [-0.25, -0.2) is 4.79 Å². The lowest BCUT2D eigenvalue weighted by atomic mass is 9.98. The smallest absolute Gasteiger partial charge is 0.314 e. The monoisotopic (exact) mass is 271 g/mol. The number of urea groups is 1. The molecule has 19 heavy (non-hydrogen) atoms. The molecule has 5 heteroatoms. The SMILES string of the molecule is CC(O)CCNC(=O)NCC(C)N1CCC(C)CC1. The molecule has 0 spiro atoms. The molecule has 1 rings (SSSR count). The summed E-state index contributed by atoms with van der Waals surface area (Å²) < 4.78 is 0. The summed E-state index contributed by atoms with van der Waals surface area (Å²) in [6.45, 7) is 9.64. The van der Waals surface area contributed by atoms with Gasteiger partial charge in [0.1, 0.15) is 0 Å². The van der Waals surface area contributed by atoms with Crippen molar-refractivity contribution in [1.29, 1.82) is 0 Å². The summed E-state index contributed by atoms with van der Waals surface area (Å²) in [6.07, 6.45) is 2.73. The van der Waals surface area contributed by atoms with Crippen LogP contribution in [0.2, 0.25) is 0 Å². The number of carbonyl (C=O) groups is 1. The third kappa shape index (κ3) is 6.78. The number of rotatable bonds is 6. The molecular formula is C14H29N3O2. The number of nitrogens with zero attached hydrogens (tertiary/aromatic N) is 1. The van der Waals surface area contributed by atoms with Crippen molar-refractivity contribution in [3.63, 3.8) is 0 Å². The molecule has 3 N–H and O–H groups in total. The third-order valence-corrected chi connectivity index (χ3v) is 3.85. The summed E-state index contributed by atoms with van der Waals surface area (Å²) in [5, 5.41) is 14.7. The van der Waals surface area contributed by atoms with Crippen LogP contribution in [0.15, 0.2) is 0 Å². The van der Waals surface area contributed by atoms with E-state index >= 15 is 0 Å². The van der Waals surface area contributed by atoms with E-state index in [1.807, 2.05) is 0 Å². The minimum Gasteiger partial charge on any atom is -0.393 e. The maximum Gasteiger partial charge on any atom is 0.314 e. The normalized spacial score (nSPS) is 20.8. The van der Waals surface area contributed by atoms with Crippen molar-refractivity contribution in [3.05, 3.63) is 0 Å². The second-order valence-electron chi connectivity index (χ2n) is 5.84. The Labute approximate surface area is 116 Å². The number of amides is 2. The number of hydrogen-bond donors (Lipinski definition) is 3. The number of nitrogens with one attached hydrogen (secondary N) is 2. The van der Waals surface area contributed by atoms with Crippen LogP contribution in [0.4, 0.5) is 4.79 Å². The average molecular weight is 271 g/mol. The number of aliphatic hydroxyl groups is 1. The Kier molecular flexibility index (Phi) is 7.16. The highest BCUT2D eigenvalue weighted by Crippen LogP contribution is 2.17. The van der Waals surface area contributed by atoms with Crippen LogP contribution in [0.5, 0.6) is 0 Å². The van der Waals surface area contributed by atoms with Gasteiger partial charge in [-0.05, 0) is 52.1 Å². The van der Waals surface area contributed by atoms with Crippen molar-refractivity contribution in [2.24, 2.45) is 5.92 Å². The van der Waals surface area contributed by atoms with Gasteiger partial charge in [0.25, 0.3) is 0 Å². The van der Waals surface area contributed by atoms with Gasteiger partial charge in [-0.15, -0.1) is 0 Å². The summed E-state index contributed by atoms with van der Waals surface area (Å²) in [5.74, 6) is 0.833. The first-order valence-electron chi connectivity index (χ1n) is 7.43. The zero-order valence-electron chi connectivity index (χ0n) is 12.5. The zero-order chi connectivity index (χ0) is 14.3. The highest BCUT2D eigenvalue weighted by molar-refractivity contribution is 5.73. The van der Waals surface area contributed by atoms with Crippen LogP contribution in [0.3, 0.4) is 0 Å². The molecule has 112 valence electrons. The number of aliphatic hydroxyl groups excluding tert-OH is 1. The van der Waals surface area contributed by atoms with Crippen molar-refractivity contribution in [2.45, 2.75) is 52.2 Å². The summed E-state index contributed by atoms with van der Waals surface area (Å²) >= 11 is 0. The van der Waals surface area contributed by atoms with E-state index in [1.165, 1.54) is 12.8 Å². The van der Waals surface area contributed by atoms with E-state index in [0.29, 0.717) is 25.6 Å². The Morgan fingerprint density at radius 2 is 1.95 bits per heavy atom. The number of hydrogen-bond acceptors (Lipinski definition) is 3. The van der Waals surface area contributed by atoms with Gasteiger partial charge in [-0.2, -0.15) is 0 Å². The summed E-state index contributed by atoms with van der Waals surface area (Å²) in [4.78, 5) is 14.0. The van der Waals surface area contributed by atoms with Crippen LogP contribution in [0.25, 0.3) is 0 Å². The summed E-state index contributed by atoms with van der Waals surface area (Å²) in [6, 6.07) is 0.243. The van der Waals surface area contributed by atoms with E-state index in [1.54, 1.807) is 6.92 Å². The minimum absolute atomic E-state index is 0.141. The molecule has 1 heterocycles.